The average molecular weight is 609 g/mol. The van der Waals surface area contributed by atoms with Gasteiger partial charge in [-0.05, 0) is 70.7 Å². The van der Waals surface area contributed by atoms with E-state index in [1.54, 1.807) is 9.80 Å². The molecule has 2 spiro atoms. The van der Waals surface area contributed by atoms with Gasteiger partial charge in [-0.3, -0.25) is 0 Å². The van der Waals surface area contributed by atoms with Gasteiger partial charge in [0.05, 0.1) is 39.4 Å². The molecular formula is C36H52N2O6. The van der Waals surface area contributed by atoms with Crippen LogP contribution in [-0.2, 0) is 18.9 Å². The van der Waals surface area contributed by atoms with E-state index in [0.29, 0.717) is 38.7 Å². The van der Waals surface area contributed by atoms with Gasteiger partial charge in [0, 0.05) is 5.92 Å². The summed E-state index contributed by atoms with van der Waals surface area (Å²) in [5, 5.41) is 0. The highest BCUT2D eigenvalue weighted by Gasteiger charge is 2.52. The standard InChI is InChI=1S/C17H23NO3.C17H21NO3.2CH4/c2*1-16(2,3)21-15(19)18-11-17(12-18)9-14(10-20-17)13-7-5-4-6-8-13;;/h4-8,14H,9-12H2,1-3H3;4-9H,10-12H2,1-3H3;2*1H4. The normalized spacial score (nSPS) is 21.0. The topological polar surface area (TPSA) is 77.5 Å². The number of benzene rings is 2. The van der Waals surface area contributed by atoms with Crippen LogP contribution in [0.5, 0.6) is 0 Å². The van der Waals surface area contributed by atoms with Gasteiger partial charge in [-0.15, -0.1) is 0 Å². The zero-order valence-corrected chi connectivity index (χ0v) is 25.7. The van der Waals surface area contributed by atoms with Crippen molar-refractivity contribution in [2.24, 2.45) is 0 Å². The smallest absolute Gasteiger partial charge is 0.410 e. The molecule has 242 valence electrons. The second-order valence-corrected chi connectivity index (χ2v) is 13.9. The summed E-state index contributed by atoms with van der Waals surface area (Å²) < 4.78 is 22.7. The first-order valence-electron chi connectivity index (χ1n) is 14.8. The molecule has 3 saturated heterocycles. The third-order valence-electron chi connectivity index (χ3n) is 7.76. The fourth-order valence-electron chi connectivity index (χ4n) is 5.79. The van der Waals surface area contributed by atoms with Gasteiger partial charge in [-0.2, -0.15) is 0 Å². The van der Waals surface area contributed by atoms with Gasteiger partial charge in [0.15, 0.2) is 0 Å². The minimum absolute atomic E-state index is 0. The number of hydrogen-bond acceptors (Lipinski definition) is 6. The van der Waals surface area contributed by atoms with Crippen molar-refractivity contribution in [2.45, 2.75) is 91.1 Å². The number of carbonyl (C=O) groups excluding carboxylic acids is 2. The van der Waals surface area contributed by atoms with Crippen molar-refractivity contribution in [1.82, 2.24) is 9.80 Å². The number of likely N-dealkylation sites (tertiary alicyclic amines) is 2. The average Bonchev–Trinajstić information content (AvgIpc) is 3.53. The third-order valence-corrected chi connectivity index (χ3v) is 7.76. The Labute approximate surface area is 264 Å². The molecule has 0 bridgehead atoms. The summed E-state index contributed by atoms with van der Waals surface area (Å²) in [5.41, 5.74) is 2.33. The van der Waals surface area contributed by atoms with Gasteiger partial charge in [0.25, 0.3) is 0 Å². The van der Waals surface area contributed by atoms with E-state index < -0.39 is 11.2 Å². The maximum atomic E-state index is 12.0. The Balaban J connectivity index is 0.000000230. The first-order chi connectivity index (χ1) is 19.7. The molecule has 2 amide bonds. The summed E-state index contributed by atoms with van der Waals surface area (Å²) in [4.78, 5) is 27.4. The van der Waals surface area contributed by atoms with Crippen LogP contribution >= 0.6 is 0 Å². The molecular weight excluding hydrogens is 556 g/mol. The van der Waals surface area contributed by atoms with Crippen molar-refractivity contribution in [3.8, 4) is 0 Å². The molecule has 1 unspecified atom stereocenters. The maximum absolute atomic E-state index is 12.0. The van der Waals surface area contributed by atoms with Crippen LogP contribution in [-0.4, -0.2) is 83.8 Å². The van der Waals surface area contributed by atoms with Crippen LogP contribution in [0.4, 0.5) is 9.59 Å². The van der Waals surface area contributed by atoms with Crippen LogP contribution in [0.2, 0.25) is 0 Å². The monoisotopic (exact) mass is 608 g/mol. The molecule has 44 heavy (non-hydrogen) atoms. The minimum atomic E-state index is -0.457. The summed E-state index contributed by atoms with van der Waals surface area (Å²) in [7, 11) is 0. The van der Waals surface area contributed by atoms with E-state index in [1.165, 1.54) is 16.7 Å². The molecule has 8 heteroatoms. The molecule has 0 saturated carbocycles. The van der Waals surface area contributed by atoms with Gasteiger partial charge < -0.3 is 28.7 Å². The first kappa shape index (κ1) is 35.1. The van der Waals surface area contributed by atoms with Crippen molar-refractivity contribution < 1.29 is 28.5 Å². The Morgan fingerprint density at radius 3 is 1.77 bits per heavy atom. The third kappa shape index (κ3) is 8.42. The largest absolute Gasteiger partial charge is 0.444 e. The predicted molar refractivity (Wildman–Crippen MR) is 175 cm³/mol. The van der Waals surface area contributed by atoms with Crippen LogP contribution < -0.4 is 0 Å². The van der Waals surface area contributed by atoms with Gasteiger partial charge >= 0.3 is 12.2 Å². The zero-order chi connectivity index (χ0) is 30.2. The van der Waals surface area contributed by atoms with E-state index in [-0.39, 0.29) is 38.2 Å². The molecule has 0 aromatic heterocycles. The van der Waals surface area contributed by atoms with Crippen molar-refractivity contribution in [2.75, 3.05) is 39.4 Å². The van der Waals surface area contributed by atoms with Crippen LogP contribution in [0.1, 0.15) is 79.9 Å². The number of hydrogen-bond donors (Lipinski definition) is 0. The molecule has 3 fully saturated rings. The lowest BCUT2D eigenvalue weighted by atomic mass is 9.84. The number of ether oxygens (including phenoxy) is 4. The number of carbonyl (C=O) groups is 2. The van der Waals surface area contributed by atoms with Crippen LogP contribution in [0.15, 0.2) is 66.7 Å². The minimum Gasteiger partial charge on any atom is -0.444 e. The molecule has 1 atom stereocenters. The molecule has 0 aliphatic carbocycles. The Hall–Kier alpha value is -3.36. The predicted octanol–water partition coefficient (Wildman–Crippen LogP) is 7.54. The lowest BCUT2D eigenvalue weighted by Crippen LogP contribution is -2.63. The molecule has 0 N–H and O–H groups in total. The van der Waals surface area contributed by atoms with Gasteiger partial charge in [-0.25, -0.2) is 9.59 Å². The van der Waals surface area contributed by atoms with Gasteiger partial charge in [0.1, 0.15) is 22.4 Å². The van der Waals surface area contributed by atoms with Crippen molar-refractivity contribution >= 4 is 17.8 Å². The second kappa shape index (κ2) is 13.3. The molecule has 4 aliphatic rings. The zero-order valence-electron chi connectivity index (χ0n) is 25.7. The Kier molecular flexibility index (Phi) is 10.6. The highest BCUT2D eigenvalue weighted by Crippen LogP contribution is 2.42. The van der Waals surface area contributed by atoms with Crippen LogP contribution in [0, 0.1) is 0 Å². The van der Waals surface area contributed by atoms with Gasteiger partial charge in [-0.1, -0.05) is 75.5 Å². The summed E-state index contributed by atoms with van der Waals surface area (Å²) in [6.07, 6.45) is 2.64. The van der Waals surface area contributed by atoms with E-state index in [1.807, 2.05) is 65.8 Å². The van der Waals surface area contributed by atoms with Crippen LogP contribution in [0.25, 0.3) is 5.57 Å². The molecule has 8 nitrogen and oxygen atoms in total. The molecule has 0 radical (unpaired) electrons. The van der Waals surface area contributed by atoms with Crippen LogP contribution in [0.3, 0.4) is 0 Å². The Morgan fingerprint density at radius 2 is 1.25 bits per heavy atom. The lowest BCUT2D eigenvalue weighted by molar-refractivity contribution is -0.109. The highest BCUT2D eigenvalue weighted by atomic mass is 16.6. The molecule has 6 rings (SSSR count). The molecule has 2 aromatic rings. The fraction of sp³-hybridized carbons (Fsp3) is 0.556. The quantitative estimate of drug-likeness (QED) is 0.351. The number of amides is 2. The summed E-state index contributed by atoms with van der Waals surface area (Å²) in [5.74, 6) is 0.437. The Morgan fingerprint density at radius 1 is 0.750 bits per heavy atom. The maximum Gasteiger partial charge on any atom is 0.410 e. The first-order valence-corrected chi connectivity index (χ1v) is 14.8. The van der Waals surface area contributed by atoms with Crippen molar-refractivity contribution in [3.63, 3.8) is 0 Å². The highest BCUT2D eigenvalue weighted by molar-refractivity contribution is 5.73. The summed E-state index contributed by atoms with van der Waals surface area (Å²) >= 11 is 0. The van der Waals surface area contributed by atoms with E-state index in [4.69, 9.17) is 18.9 Å². The van der Waals surface area contributed by atoms with Crippen molar-refractivity contribution in [1.29, 1.82) is 0 Å². The second-order valence-electron chi connectivity index (χ2n) is 13.9. The summed E-state index contributed by atoms with van der Waals surface area (Å²) in [6.45, 7) is 15.1. The fourth-order valence-corrected chi connectivity index (χ4v) is 5.79. The molecule has 4 aliphatic heterocycles. The van der Waals surface area contributed by atoms with Crippen molar-refractivity contribution in [3.05, 3.63) is 77.9 Å². The molecule has 2 aromatic carbocycles. The van der Waals surface area contributed by atoms with E-state index in [2.05, 4.69) is 42.5 Å². The Bertz CT molecular complexity index is 1280. The molecule has 4 heterocycles. The van der Waals surface area contributed by atoms with Gasteiger partial charge in [0.2, 0.25) is 0 Å². The van der Waals surface area contributed by atoms with E-state index >= 15 is 0 Å². The lowest BCUT2D eigenvalue weighted by Gasteiger charge is -2.47. The SMILES string of the molecule is C.C.CC(C)(C)OC(=O)N1CC2(C=C(c3ccccc3)CO2)C1.CC(C)(C)OC(=O)N1CC2(CC(c3ccccc3)CO2)C1. The number of rotatable bonds is 2. The summed E-state index contributed by atoms with van der Waals surface area (Å²) in [6, 6.07) is 20.7. The number of nitrogens with zero attached hydrogens (tertiary/aromatic N) is 2. The van der Waals surface area contributed by atoms with E-state index in [9.17, 15) is 9.59 Å². The van der Waals surface area contributed by atoms with E-state index in [0.717, 1.165) is 13.0 Å².